The number of esters is 4. The highest BCUT2D eigenvalue weighted by molar-refractivity contribution is 5.87. The fraction of sp³-hybridized carbons (Fsp3) is 0.302. The van der Waals surface area contributed by atoms with Crippen molar-refractivity contribution in [1.82, 2.24) is 10.6 Å². The van der Waals surface area contributed by atoms with Gasteiger partial charge in [-0.2, -0.15) is 0 Å². The summed E-state index contributed by atoms with van der Waals surface area (Å²) in [5, 5.41) is 8.78. The Morgan fingerprint density at radius 3 is 1.13 bits per heavy atom. The Morgan fingerprint density at radius 1 is 0.463 bits per heavy atom. The van der Waals surface area contributed by atoms with Gasteiger partial charge in [-0.25, -0.2) is 19.6 Å². The molecule has 0 aromatic heterocycles. The molecular weight excluding hydrogens is 1050 g/mol. The summed E-state index contributed by atoms with van der Waals surface area (Å²) >= 11 is 0. The van der Waals surface area contributed by atoms with Gasteiger partial charge in [0.1, 0.15) is 0 Å². The summed E-state index contributed by atoms with van der Waals surface area (Å²) in [6.07, 6.45) is 3.11. The van der Waals surface area contributed by atoms with Gasteiger partial charge in [-0.3, -0.25) is 28.8 Å². The highest BCUT2D eigenvalue weighted by Crippen LogP contribution is 2.59. The predicted molar refractivity (Wildman–Crippen MR) is 307 cm³/mol. The largest absolute Gasteiger partial charge is 0.469 e. The molecule has 0 radical (unpaired) electrons. The molecule has 19 heteroatoms. The fourth-order valence-corrected chi connectivity index (χ4v) is 10.6. The number of anilines is 3. The Hall–Kier alpha value is -9.70. The van der Waals surface area contributed by atoms with Crippen LogP contribution in [0.15, 0.2) is 156 Å². The van der Waals surface area contributed by atoms with E-state index in [2.05, 4.69) is 25.9 Å². The normalized spacial score (nSPS) is 19.0. The maximum atomic E-state index is 13.0. The number of aliphatic imine (C=N–C) groups is 2. The van der Waals surface area contributed by atoms with Crippen LogP contribution in [0, 0.1) is 23.7 Å². The summed E-state index contributed by atoms with van der Waals surface area (Å²) in [6.45, 7) is 2.88. The first-order valence-electron chi connectivity index (χ1n) is 26.2. The first-order chi connectivity index (χ1) is 39.6. The third-order valence-electron chi connectivity index (χ3n) is 14.6. The van der Waals surface area contributed by atoms with Crippen molar-refractivity contribution < 1.29 is 57.3 Å². The minimum atomic E-state index is -0.560. The molecule has 8 rings (SSSR count). The number of benzene rings is 6. The number of carbonyl (C=O) groups is 6. The fourth-order valence-electron chi connectivity index (χ4n) is 10.6. The van der Waals surface area contributed by atoms with E-state index in [1.807, 2.05) is 128 Å². The molecule has 0 aliphatic heterocycles. The number of rotatable bonds is 19. The Balaban J connectivity index is 0.000000228. The van der Waals surface area contributed by atoms with Crippen LogP contribution >= 0.6 is 0 Å². The number of methoxy groups -OCH3 is 4. The number of nitrogens with zero attached hydrogens (tertiary/aromatic N) is 2. The number of nitrogens with two attached hydrogens (primary N) is 2. The van der Waals surface area contributed by atoms with Gasteiger partial charge in [0, 0.05) is 67.8 Å². The highest BCUT2D eigenvalue weighted by atomic mass is 16.5. The maximum Gasteiger partial charge on any atom is 0.309 e. The third-order valence-corrected chi connectivity index (χ3v) is 14.6. The quantitative estimate of drug-likeness (QED) is 0.0174. The van der Waals surface area contributed by atoms with Crippen molar-refractivity contribution in [2.24, 2.45) is 33.7 Å². The molecule has 0 heterocycles. The van der Waals surface area contributed by atoms with Crippen LogP contribution in [-0.2, 0) is 89.9 Å². The van der Waals surface area contributed by atoms with E-state index >= 15 is 0 Å². The molecule has 82 heavy (non-hydrogen) atoms. The molecule has 2 amide bonds. The first-order valence-corrected chi connectivity index (χ1v) is 26.2. The standard InChI is InChI=1S/C33H37N3O6.C20H22N2O4.C10H8N2O2/c1-20(37)35-18-22-6-5-7-23(16-22)19-36-27(38)17-21-8-10-24(11-9-21)28-30(32(39)41-3)29(31(28)33(40)42-4)25-12-14-26(34-2)15-13-25;1-25-19(23)17-15(11-3-7-13(21)8-4-11)18(20(24)26-2)16(17)12-5-9-14(22)10-6-12;13-7-11-5-9-2-1-3-10(4-9)6-12-8-14/h5-16,28-31,34H,17-19H2,1-4H3,(H,35,37)(H,36,38);3-10,15-18H,21-22H2,1-2H3;1-4H,5-6H2. The minimum absolute atomic E-state index is 0.0991. The molecule has 2 fully saturated rings. The van der Waals surface area contributed by atoms with E-state index < -0.39 is 29.6 Å². The Kier molecular flexibility index (Phi) is 22.5. The lowest BCUT2D eigenvalue weighted by molar-refractivity contribution is -0.165. The van der Waals surface area contributed by atoms with Gasteiger partial charge in [0.15, 0.2) is 0 Å². The van der Waals surface area contributed by atoms with Crippen molar-refractivity contribution in [2.45, 2.75) is 63.2 Å². The van der Waals surface area contributed by atoms with Crippen molar-refractivity contribution in [3.8, 4) is 0 Å². The number of hydrogen-bond acceptors (Lipinski definition) is 17. The van der Waals surface area contributed by atoms with Gasteiger partial charge in [-0.05, 0) is 86.5 Å². The van der Waals surface area contributed by atoms with Crippen LogP contribution < -0.4 is 27.4 Å². The number of nitrogens with one attached hydrogen (secondary N) is 3. The monoisotopic (exact) mass is 1110 g/mol. The summed E-state index contributed by atoms with van der Waals surface area (Å²) in [6, 6.07) is 44.5. The van der Waals surface area contributed by atoms with E-state index in [4.69, 9.17) is 30.4 Å². The van der Waals surface area contributed by atoms with Gasteiger partial charge in [0.05, 0.1) is 71.6 Å². The number of hydrogen-bond donors (Lipinski definition) is 5. The molecule has 2 saturated carbocycles. The lowest BCUT2D eigenvalue weighted by atomic mass is 9.52. The van der Waals surface area contributed by atoms with Gasteiger partial charge in [-0.1, -0.05) is 109 Å². The molecule has 2 aliphatic rings. The molecule has 0 spiro atoms. The van der Waals surface area contributed by atoms with Crippen LogP contribution in [0.2, 0.25) is 0 Å². The van der Waals surface area contributed by atoms with Crippen LogP contribution in [0.25, 0.3) is 0 Å². The SMILES string of the molecule is CNc1ccc(C2C(C(=O)OC)C(c3ccc(CC(=O)NCc4cccc(CNC(C)=O)c4)cc3)C2C(=O)OC)cc1.COC(=O)C1C(c2ccc(N)cc2)C(C(=O)OC)C1c1ccc(N)cc1.O=C=NCc1cccc(CN=C=O)c1. The molecular formula is C63H67N7O12. The first kappa shape index (κ1) is 61.5. The van der Waals surface area contributed by atoms with Crippen molar-refractivity contribution in [3.05, 3.63) is 196 Å². The van der Waals surface area contributed by atoms with Crippen molar-refractivity contribution in [3.63, 3.8) is 0 Å². The zero-order valence-corrected chi connectivity index (χ0v) is 46.5. The lowest BCUT2D eigenvalue weighted by Crippen LogP contribution is -2.51. The zero-order valence-electron chi connectivity index (χ0n) is 46.5. The zero-order chi connectivity index (χ0) is 59.3. The van der Waals surface area contributed by atoms with E-state index in [0.29, 0.717) is 37.6 Å². The van der Waals surface area contributed by atoms with Gasteiger partial charge in [0.25, 0.3) is 0 Å². The number of amides is 2. The molecule has 6 aromatic rings. The van der Waals surface area contributed by atoms with Gasteiger partial charge >= 0.3 is 23.9 Å². The number of nitrogen functional groups attached to an aromatic ring is 2. The van der Waals surface area contributed by atoms with E-state index in [9.17, 15) is 38.4 Å². The van der Waals surface area contributed by atoms with Gasteiger partial charge in [-0.15, -0.1) is 0 Å². The number of carbonyl (C=O) groups excluding carboxylic acids is 8. The van der Waals surface area contributed by atoms with Crippen LogP contribution in [0.3, 0.4) is 0 Å². The number of ether oxygens (including phenoxy) is 4. The summed E-state index contributed by atoms with van der Waals surface area (Å²) in [4.78, 5) is 102. The smallest absolute Gasteiger partial charge is 0.309 e. The summed E-state index contributed by atoms with van der Waals surface area (Å²) in [7, 11) is 7.24. The highest BCUT2D eigenvalue weighted by Gasteiger charge is 2.60. The molecule has 2 atom stereocenters. The molecule has 19 nitrogen and oxygen atoms in total. The molecule has 0 bridgehead atoms. The third kappa shape index (κ3) is 15.8. The second-order valence-corrected chi connectivity index (χ2v) is 19.6. The lowest BCUT2D eigenvalue weighted by Gasteiger charge is -2.49. The van der Waals surface area contributed by atoms with Crippen LogP contribution in [0.4, 0.5) is 17.1 Å². The van der Waals surface area contributed by atoms with E-state index in [1.54, 1.807) is 24.3 Å². The summed E-state index contributed by atoms with van der Waals surface area (Å²) in [5.41, 5.74) is 21.6. The minimum Gasteiger partial charge on any atom is -0.469 e. The second kappa shape index (κ2) is 30.0. The molecule has 6 aromatic carbocycles. The second-order valence-electron chi connectivity index (χ2n) is 19.6. The van der Waals surface area contributed by atoms with Crippen molar-refractivity contribution >= 4 is 64.9 Å². The average Bonchev–Trinajstić information content (AvgIpc) is 3.68. The average molecular weight is 1110 g/mol. The molecule has 426 valence electrons. The Labute approximate surface area is 475 Å². The van der Waals surface area contributed by atoms with E-state index in [1.165, 1.54) is 47.5 Å². The molecule has 7 N–H and O–H groups in total. The van der Waals surface area contributed by atoms with Gasteiger partial charge < -0.3 is 46.4 Å². The van der Waals surface area contributed by atoms with Crippen molar-refractivity contribution in [1.29, 1.82) is 0 Å². The Morgan fingerprint density at radius 2 is 0.793 bits per heavy atom. The topological polar surface area (TPSA) is 286 Å². The van der Waals surface area contributed by atoms with Crippen LogP contribution in [0.1, 0.15) is 80.7 Å². The molecule has 2 unspecified atom stereocenters. The van der Waals surface area contributed by atoms with Crippen LogP contribution in [0.5, 0.6) is 0 Å². The predicted octanol–water partition coefficient (Wildman–Crippen LogP) is 7.35. The summed E-state index contributed by atoms with van der Waals surface area (Å²) in [5.74, 6) is -5.28. The maximum absolute atomic E-state index is 13.0. The Bertz CT molecular complexity index is 3130. The van der Waals surface area contributed by atoms with E-state index in [-0.39, 0.29) is 59.9 Å². The van der Waals surface area contributed by atoms with Crippen molar-refractivity contribution in [2.75, 3.05) is 52.3 Å². The molecule has 0 saturated heterocycles. The number of isocyanates is 2. The summed E-state index contributed by atoms with van der Waals surface area (Å²) < 4.78 is 20.4. The van der Waals surface area contributed by atoms with Gasteiger partial charge in [0.2, 0.25) is 24.0 Å². The molecule has 2 aliphatic carbocycles. The van der Waals surface area contributed by atoms with Crippen LogP contribution in [-0.4, -0.2) is 83.3 Å². The van der Waals surface area contributed by atoms with E-state index in [0.717, 1.165) is 55.8 Å².